The first-order valence-corrected chi connectivity index (χ1v) is 5.52. The van der Waals surface area contributed by atoms with Crippen molar-refractivity contribution in [1.82, 2.24) is 0 Å². The van der Waals surface area contributed by atoms with Gasteiger partial charge in [0.2, 0.25) is 0 Å². The molecule has 0 aliphatic heterocycles. The molecule has 1 nitrogen and oxygen atoms in total. The standard InChI is InChI=1S/C12H24O/c1-9(2)11(13-5)10-7-6-8-12(10,3)4/h9-11H,6-8H2,1-5H3. The molecule has 13 heavy (non-hydrogen) atoms. The second-order valence-electron chi connectivity index (χ2n) is 5.43. The minimum atomic E-state index is 0.456. The molecular weight excluding hydrogens is 160 g/mol. The molecule has 2 atom stereocenters. The van der Waals surface area contributed by atoms with Gasteiger partial charge in [0, 0.05) is 7.11 Å². The number of hydrogen-bond acceptors (Lipinski definition) is 1. The Morgan fingerprint density at radius 3 is 2.23 bits per heavy atom. The maximum Gasteiger partial charge on any atom is 0.0627 e. The minimum Gasteiger partial charge on any atom is -0.381 e. The van der Waals surface area contributed by atoms with Gasteiger partial charge in [-0.3, -0.25) is 0 Å². The Morgan fingerprint density at radius 1 is 1.31 bits per heavy atom. The monoisotopic (exact) mass is 184 g/mol. The van der Waals surface area contributed by atoms with Crippen LogP contribution < -0.4 is 0 Å². The van der Waals surface area contributed by atoms with E-state index in [0.29, 0.717) is 17.4 Å². The van der Waals surface area contributed by atoms with E-state index in [4.69, 9.17) is 4.74 Å². The van der Waals surface area contributed by atoms with Crippen LogP contribution in [-0.4, -0.2) is 13.2 Å². The second-order valence-corrected chi connectivity index (χ2v) is 5.43. The Labute approximate surface area is 82.9 Å². The fourth-order valence-electron chi connectivity index (χ4n) is 2.86. The van der Waals surface area contributed by atoms with E-state index >= 15 is 0 Å². The molecule has 0 heterocycles. The molecule has 1 aliphatic rings. The van der Waals surface area contributed by atoms with Gasteiger partial charge in [-0.25, -0.2) is 0 Å². The van der Waals surface area contributed by atoms with Crippen LogP contribution in [0.1, 0.15) is 47.0 Å². The quantitative estimate of drug-likeness (QED) is 0.652. The highest BCUT2D eigenvalue weighted by Gasteiger charge is 2.40. The van der Waals surface area contributed by atoms with Crippen molar-refractivity contribution >= 4 is 0 Å². The molecule has 1 fully saturated rings. The zero-order valence-corrected chi connectivity index (χ0v) is 9.76. The topological polar surface area (TPSA) is 9.23 Å². The zero-order chi connectivity index (χ0) is 10.1. The van der Waals surface area contributed by atoms with Crippen molar-refractivity contribution in [1.29, 1.82) is 0 Å². The van der Waals surface area contributed by atoms with Crippen LogP contribution in [0, 0.1) is 17.3 Å². The lowest BCUT2D eigenvalue weighted by Gasteiger charge is -2.35. The largest absolute Gasteiger partial charge is 0.381 e. The van der Waals surface area contributed by atoms with Crippen LogP contribution in [0.5, 0.6) is 0 Å². The van der Waals surface area contributed by atoms with E-state index in [1.54, 1.807) is 0 Å². The van der Waals surface area contributed by atoms with Crippen molar-refractivity contribution < 1.29 is 4.74 Å². The minimum absolute atomic E-state index is 0.456. The first-order chi connectivity index (χ1) is 5.99. The molecule has 0 radical (unpaired) electrons. The zero-order valence-electron chi connectivity index (χ0n) is 9.76. The van der Waals surface area contributed by atoms with Gasteiger partial charge in [0.1, 0.15) is 0 Å². The van der Waals surface area contributed by atoms with Gasteiger partial charge in [-0.1, -0.05) is 34.1 Å². The number of methoxy groups -OCH3 is 1. The van der Waals surface area contributed by atoms with E-state index < -0.39 is 0 Å². The molecule has 1 heteroatoms. The summed E-state index contributed by atoms with van der Waals surface area (Å²) in [4.78, 5) is 0. The summed E-state index contributed by atoms with van der Waals surface area (Å²) in [5.41, 5.74) is 0.491. The van der Waals surface area contributed by atoms with Gasteiger partial charge in [0.05, 0.1) is 6.10 Å². The SMILES string of the molecule is COC(C(C)C)C1CCCC1(C)C. The van der Waals surface area contributed by atoms with Crippen LogP contribution in [0.2, 0.25) is 0 Å². The van der Waals surface area contributed by atoms with Gasteiger partial charge in [0.25, 0.3) is 0 Å². The van der Waals surface area contributed by atoms with E-state index in [9.17, 15) is 0 Å². The molecule has 78 valence electrons. The summed E-state index contributed by atoms with van der Waals surface area (Å²) in [6.07, 6.45) is 4.55. The maximum atomic E-state index is 5.63. The molecule has 0 aromatic heterocycles. The van der Waals surface area contributed by atoms with Crippen LogP contribution in [0.25, 0.3) is 0 Å². The van der Waals surface area contributed by atoms with Crippen LogP contribution in [0.15, 0.2) is 0 Å². The highest BCUT2D eigenvalue weighted by molar-refractivity contribution is 4.90. The third-order valence-electron chi connectivity index (χ3n) is 3.67. The lowest BCUT2D eigenvalue weighted by molar-refractivity contribution is -0.0163. The Morgan fingerprint density at radius 2 is 1.92 bits per heavy atom. The molecule has 0 saturated heterocycles. The highest BCUT2D eigenvalue weighted by atomic mass is 16.5. The number of rotatable bonds is 3. The van der Waals surface area contributed by atoms with E-state index in [0.717, 1.165) is 5.92 Å². The lowest BCUT2D eigenvalue weighted by Crippen LogP contribution is -2.34. The number of hydrogen-bond donors (Lipinski definition) is 0. The van der Waals surface area contributed by atoms with Gasteiger partial charge in [-0.15, -0.1) is 0 Å². The average Bonchev–Trinajstić information content (AvgIpc) is 2.32. The van der Waals surface area contributed by atoms with Crippen LogP contribution in [0.4, 0.5) is 0 Å². The van der Waals surface area contributed by atoms with Crippen molar-refractivity contribution in [2.75, 3.05) is 7.11 Å². The van der Waals surface area contributed by atoms with Crippen molar-refractivity contribution in [3.63, 3.8) is 0 Å². The Kier molecular flexibility index (Phi) is 3.39. The summed E-state index contributed by atoms with van der Waals surface area (Å²) in [5.74, 6) is 1.41. The first-order valence-electron chi connectivity index (χ1n) is 5.52. The fraction of sp³-hybridized carbons (Fsp3) is 1.00. The smallest absolute Gasteiger partial charge is 0.0627 e. The molecule has 0 bridgehead atoms. The predicted molar refractivity (Wildman–Crippen MR) is 56.8 cm³/mol. The van der Waals surface area contributed by atoms with Crippen molar-refractivity contribution in [2.45, 2.75) is 53.1 Å². The number of ether oxygens (including phenoxy) is 1. The van der Waals surface area contributed by atoms with E-state index in [-0.39, 0.29) is 0 Å². The van der Waals surface area contributed by atoms with Crippen molar-refractivity contribution in [2.24, 2.45) is 17.3 Å². The molecule has 0 aromatic rings. The summed E-state index contributed by atoms with van der Waals surface area (Å²) >= 11 is 0. The second kappa shape index (κ2) is 4.00. The molecular formula is C12H24O. The van der Waals surface area contributed by atoms with E-state index in [2.05, 4.69) is 27.7 Å². The predicted octanol–water partition coefficient (Wildman–Crippen LogP) is 3.48. The van der Waals surface area contributed by atoms with E-state index in [1.807, 2.05) is 7.11 Å². The van der Waals surface area contributed by atoms with Crippen LogP contribution in [0.3, 0.4) is 0 Å². The van der Waals surface area contributed by atoms with Gasteiger partial charge in [0.15, 0.2) is 0 Å². The third kappa shape index (κ3) is 2.25. The molecule has 1 rings (SSSR count). The molecule has 0 spiro atoms. The van der Waals surface area contributed by atoms with E-state index in [1.165, 1.54) is 19.3 Å². The van der Waals surface area contributed by atoms with Gasteiger partial charge >= 0.3 is 0 Å². The molecule has 0 aromatic carbocycles. The van der Waals surface area contributed by atoms with Gasteiger partial charge in [-0.05, 0) is 30.1 Å². The summed E-state index contributed by atoms with van der Waals surface area (Å²) < 4.78 is 5.63. The maximum absolute atomic E-state index is 5.63. The van der Waals surface area contributed by atoms with Gasteiger partial charge < -0.3 is 4.74 Å². The Bertz CT molecular complexity index is 161. The molecule has 0 amide bonds. The summed E-state index contributed by atoms with van der Waals surface area (Å²) in [5, 5.41) is 0. The van der Waals surface area contributed by atoms with Crippen LogP contribution in [-0.2, 0) is 4.74 Å². The van der Waals surface area contributed by atoms with Gasteiger partial charge in [-0.2, -0.15) is 0 Å². The first kappa shape index (κ1) is 11.0. The molecule has 1 saturated carbocycles. The molecule has 2 unspecified atom stereocenters. The van der Waals surface area contributed by atoms with Crippen molar-refractivity contribution in [3.05, 3.63) is 0 Å². The lowest BCUT2D eigenvalue weighted by atomic mass is 9.75. The fourth-order valence-corrected chi connectivity index (χ4v) is 2.86. The summed E-state index contributed by atoms with van der Waals surface area (Å²) in [7, 11) is 1.86. The Balaban J connectivity index is 2.68. The summed E-state index contributed by atoms with van der Waals surface area (Å²) in [6.45, 7) is 9.31. The molecule has 0 N–H and O–H groups in total. The average molecular weight is 184 g/mol. The highest BCUT2D eigenvalue weighted by Crippen LogP contribution is 2.46. The normalized spacial score (nSPS) is 29.5. The van der Waals surface area contributed by atoms with Crippen LogP contribution >= 0.6 is 0 Å². The van der Waals surface area contributed by atoms with Crippen molar-refractivity contribution in [3.8, 4) is 0 Å². The molecule has 1 aliphatic carbocycles. The third-order valence-corrected chi connectivity index (χ3v) is 3.67. The summed E-state index contributed by atoms with van der Waals surface area (Å²) in [6, 6.07) is 0. The Hall–Kier alpha value is -0.0400.